The lowest BCUT2D eigenvalue weighted by Crippen LogP contribution is -2.29. The minimum absolute atomic E-state index is 0.214. The SMILES string of the molecule is CN(C)Cc1cccc(CNC(=O)Nc2ccccc2N(C)Cc2ccccc2)c1. The number of carbonyl (C=O) groups is 1. The summed E-state index contributed by atoms with van der Waals surface area (Å²) in [4.78, 5) is 16.8. The first-order valence-corrected chi connectivity index (χ1v) is 10.1. The van der Waals surface area contributed by atoms with Gasteiger partial charge >= 0.3 is 6.03 Å². The zero-order valence-corrected chi connectivity index (χ0v) is 17.9. The van der Waals surface area contributed by atoms with Gasteiger partial charge in [-0.15, -0.1) is 0 Å². The Morgan fingerprint density at radius 2 is 1.43 bits per heavy atom. The molecule has 0 aromatic heterocycles. The van der Waals surface area contributed by atoms with E-state index in [2.05, 4.69) is 44.7 Å². The lowest BCUT2D eigenvalue weighted by molar-refractivity contribution is 0.251. The lowest BCUT2D eigenvalue weighted by Gasteiger charge is -2.23. The molecule has 0 aliphatic rings. The molecule has 0 heterocycles. The molecule has 3 aromatic carbocycles. The Morgan fingerprint density at radius 3 is 2.20 bits per heavy atom. The molecule has 0 aliphatic heterocycles. The summed E-state index contributed by atoms with van der Waals surface area (Å²) < 4.78 is 0. The fraction of sp³-hybridized carbons (Fsp3) is 0.240. The largest absolute Gasteiger partial charge is 0.369 e. The first kappa shape index (κ1) is 21.4. The van der Waals surface area contributed by atoms with Crippen molar-refractivity contribution in [2.75, 3.05) is 31.4 Å². The molecule has 3 aromatic rings. The molecule has 0 atom stereocenters. The van der Waals surface area contributed by atoms with Crippen molar-refractivity contribution in [3.8, 4) is 0 Å². The minimum Gasteiger partial charge on any atom is -0.369 e. The van der Waals surface area contributed by atoms with Crippen molar-refractivity contribution in [2.45, 2.75) is 19.6 Å². The summed E-state index contributed by atoms with van der Waals surface area (Å²) in [7, 11) is 6.12. The average molecular weight is 403 g/mol. The molecule has 3 rings (SSSR count). The van der Waals surface area contributed by atoms with Gasteiger partial charge in [0.2, 0.25) is 0 Å². The van der Waals surface area contributed by atoms with Crippen LogP contribution in [0.4, 0.5) is 16.2 Å². The quantitative estimate of drug-likeness (QED) is 0.574. The van der Waals surface area contributed by atoms with Gasteiger partial charge in [0.25, 0.3) is 0 Å². The van der Waals surface area contributed by atoms with Gasteiger partial charge in [0.15, 0.2) is 0 Å². The van der Waals surface area contributed by atoms with Gasteiger partial charge in [0, 0.05) is 26.7 Å². The smallest absolute Gasteiger partial charge is 0.319 e. The van der Waals surface area contributed by atoms with E-state index in [1.54, 1.807) is 0 Å². The number of hydrogen-bond donors (Lipinski definition) is 2. The fourth-order valence-electron chi connectivity index (χ4n) is 3.41. The van der Waals surface area contributed by atoms with Crippen molar-refractivity contribution in [2.24, 2.45) is 0 Å². The number of hydrogen-bond acceptors (Lipinski definition) is 3. The topological polar surface area (TPSA) is 47.6 Å². The predicted molar refractivity (Wildman–Crippen MR) is 125 cm³/mol. The zero-order chi connectivity index (χ0) is 21.3. The third-order valence-electron chi connectivity index (χ3n) is 4.77. The van der Waals surface area contributed by atoms with Gasteiger partial charge in [-0.1, -0.05) is 66.7 Å². The third-order valence-corrected chi connectivity index (χ3v) is 4.77. The van der Waals surface area contributed by atoms with Crippen molar-refractivity contribution < 1.29 is 4.79 Å². The van der Waals surface area contributed by atoms with E-state index in [1.165, 1.54) is 11.1 Å². The van der Waals surface area contributed by atoms with E-state index in [-0.39, 0.29) is 6.03 Å². The summed E-state index contributed by atoms with van der Waals surface area (Å²) in [5, 5.41) is 5.96. The van der Waals surface area contributed by atoms with Crippen LogP contribution in [-0.2, 0) is 19.6 Å². The first-order chi connectivity index (χ1) is 14.5. The maximum absolute atomic E-state index is 12.5. The van der Waals surface area contributed by atoms with Crippen LogP contribution in [-0.4, -0.2) is 32.1 Å². The number of amides is 2. The van der Waals surface area contributed by atoms with Crippen LogP contribution in [0.5, 0.6) is 0 Å². The van der Waals surface area contributed by atoms with Crippen LogP contribution in [0.25, 0.3) is 0 Å². The van der Waals surface area contributed by atoms with Crippen LogP contribution in [0.3, 0.4) is 0 Å². The molecule has 0 spiro atoms. The molecule has 0 fully saturated rings. The summed E-state index contributed by atoms with van der Waals surface area (Å²) in [6, 6.07) is 26.2. The molecular weight excluding hydrogens is 372 g/mol. The van der Waals surface area contributed by atoms with Gasteiger partial charge in [-0.05, 0) is 42.9 Å². The Hall–Kier alpha value is -3.31. The fourth-order valence-corrected chi connectivity index (χ4v) is 3.41. The molecule has 5 nitrogen and oxygen atoms in total. The van der Waals surface area contributed by atoms with Crippen LogP contribution in [0, 0.1) is 0 Å². The molecule has 5 heteroatoms. The third kappa shape index (κ3) is 6.36. The van der Waals surface area contributed by atoms with Crippen LogP contribution < -0.4 is 15.5 Å². The highest BCUT2D eigenvalue weighted by Crippen LogP contribution is 2.25. The van der Waals surface area contributed by atoms with Crippen LogP contribution in [0.2, 0.25) is 0 Å². The molecule has 0 unspecified atom stereocenters. The highest BCUT2D eigenvalue weighted by atomic mass is 16.2. The molecule has 0 radical (unpaired) electrons. The molecule has 0 saturated heterocycles. The van der Waals surface area contributed by atoms with Gasteiger partial charge in [0.1, 0.15) is 0 Å². The molecule has 30 heavy (non-hydrogen) atoms. The average Bonchev–Trinajstić information content (AvgIpc) is 2.73. The van der Waals surface area contributed by atoms with Crippen LogP contribution in [0.1, 0.15) is 16.7 Å². The second-order valence-electron chi connectivity index (χ2n) is 7.72. The van der Waals surface area contributed by atoms with E-state index in [9.17, 15) is 4.79 Å². The minimum atomic E-state index is -0.214. The van der Waals surface area contributed by atoms with Crippen molar-refractivity contribution >= 4 is 17.4 Å². The summed E-state index contributed by atoms with van der Waals surface area (Å²) in [6.45, 7) is 2.12. The van der Waals surface area contributed by atoms with Gasteiger partial charge in [-0.25, -0.2) is 4.79 Å². The summed E-state index contributed by atoms with van der Waals surface area (Å²) >= 11 is 0. The summed E-state index contributed by atoms with van der Waals surface area (Å²) in [6.07, 6.45) is 0. The van der Waals surface area contributed by atoms with Crippen molar-refractivity contribution in [3.63, 3.8) is 0 Å². The molecule has 0 bridgehead atoms. The summed E-state index contributed by atoms with van der Waals surface area (Å²) in [5.41, 5.74) is 5.29. The number of para-hydroxylation sites is 2. The maximum atomic E-state index is 12.5. The van der Waals surface area contributed by atoms with Gasteiger partial charge in [0.05, 0.1) is 11.4 Å². The lowest BCUT2D eigenvalue weighted by atomic mass is 10.1. The number of urea groups is 1. The molecule has 0 aliphatic carbocycles. The Bertz CT molecular complexity index is 956. The van der Waals surface area contributed by atoms with E-state index in [0.29, 0.717) is 6.54 Å². The van der Waals surface area contributed by atoms with E-state index in [0.717, 1.165) is 30.0 Å². The van der Waals surface area contributed by atoms with E-state index in [4.69, 9.17) is 0 Å². The number of benzene rings is 3. The Labute approximate surface area is 179 Å². The maximum Gasteiger partial charge on any atom is 0.319 e. The monoisotopic (exact) mass is 402 g/mol. The summed E-state index contributed by atoms with van der Waals surface area (Å²) in [5.74, 6) is 0. The molecule has 156 valence electrons. The standard InChI is InChI=1S/C25H30N4O/c1-28(2)18-22-13-9-12-21(16-22)17-26-25(30)27-23-14-7-8-15-24(23)29(3)19-20-10-5-4-6-11-20/h4-16H,17-19H2,1-3H3,(H2,26,27,30). The second kappa shape index (κ2) is 10.5. The highest BCUT2D eigenvalue weighted by molar-refractivity contribution is 5.93. The number of carbonyl (C=O) groups excluding carboxylic acids is 1. The Balaban J connectivity index is 1.60. The molecule has 0 saturated carbocycles. The van der Waals surface area contributed by atoms with E-state index >= 15 is 0 Å². The molecule has 2 amide bonds. The number of nitrogens with one attached hydrogen (secondary N) is 2. The molecular formula is C25H30N4O. The van der Waals surface area contributed by atoms with Crippen LogP contribution >= 0.6 is 0 Å². The van der Waals surface area contributed by atoms with Crippen molar-refractivity contribution in [1.29, 1.82) is 0 Å². The zero-order valence-electron chi connectivity index (χ0n) is 17.9. The van der Waals surface area contributed by atoms with E-state index < -0.39 is 0 Å². The second-order valence-corrected chi connectivity index (χ2v) is 7.72. The Morgan fingerprint density at radius 1 is 0.767 bits per heavy atom. The number of anilines is 2. The van der Waals surface area contributed by atoms with Crippen LogP contribution in [0.15, 0.2) is 78.9 Å². The number of rotatable bonds is 8. The van der Waals surface area contributed by atoms with Gasteiger partial charge in [-0.3, -0.25) is 0 Å². The van der Waals surface area contributed by atoms with Crippen molar-refractivity contribution in [1.82, 2.24) is 10.2 Å². The predicted octanol–water partition coefficient (Wildman–Crippen LogP) is 4.71. The van der Waals surface area contributed by atoms with Gasteiger partial charge in [-0.2, -0.15) is 0 Å². The van der Waals surface area contributed by atoms with Crippen molar-refractivity contribution in [3.05, 3.63) is 95.6 Å². The van der Waals surface area contributed by atoms with Gasteiger partial charge < -0.3 is 20.4 Å². The highest BCUT2D eigenvalue weighted by Gasteiger charge is 2.10. The first-order valence-electron chi connectivity index (χ1n) is 10.1. The Kier molecular flexibility index (Phi) is 7.46. The number of nitrogens with zero attached hydrogens (tertiary/aromatic N) is 2. The normalized spacial score (nSPS) is 10.7. The van der Waals surface area contributed by atoms with E-state index in [1.807, 2.05) is 75.7 Å². The molecule has 2 N–H and O–H groups in total.